The first-order valence-corrected chi connectivity index (χ1v) is 11.4. The Morgan fingerprint density at radius 2 is 1.00 bits per heavy atom. The summed E-state index contributed by atoms with van der Waals surface area (Å²) in [6.45, 7) is 21.2. The normalized spacial score (nSPS) is 18.1. The predicted octanol–water partition coefficient (Wildman–Crippen LogP) is 5.91. The molecule has 2 aliphatic rings. The molecule has 0 amide bonds. The SMILES string of the molecule is CC(C)(c1ccc2c(c1)CN(C(C)(C)C)CO2)c1ccc2c(c1)CN(C(C)(C)C)CO2. The van der Waals surface area contributed by atoms with E-state index < -0.39 is 0 Å². The van der Waals surface area contributed by atoms with Crippen LogP contribution in [0.4, 0.5) is 0 Å². The molecule has 2 heterocycles. The summed E-state index contributed by atoms with van der Waals surface area (Å²) < 4.78 is 12.1. The molecule has 0 fully saturated rings. The van der Waals surface area contributed by atoms with E-state index in [4.69, 9.17) is 9.47 Å². The molecule has 168 valence electrons. The minimum absolute atomic E-state index is 0.0840. The molecule has 0 unspecified atom stereocenters. The monoisotopic (exact) mass is 422 g/mol. The van der Waals surface area contributed by atoms with Crippen LogP contribution in [0, 0.1) is 0 Å². The Hall–Kier alpha value is -2.04. The lowest BCUT2D eigenvalue weighted by Gasteiger charge is -2.40. The van der Waals surface area contributed by atoms with Crippen molar-refractivity contribution in [3.63, 3.8) is 0 Å². The van der Waals surface area contributed by atoms with E-state index in [0.717, 1.165) is 24.6 Å². The number of nitrogens with zero attached hydrogens (tertiary/aromatic N) is 2. The lowest BCUT2D eigenvalue weighted by Crippen LogP contribution is -2.45. The number of hydrogen-bond acceptors (Lipinski definition) is 4. The molecule has 2 aromatic carbocycles. The Bertz CT molecular complexity index is 889. The summed E-state index contributed by atoms with van der Waals surface area (Å²) in [5.41, 5.74) is 5.23. The van der Waals surface area contributed by atoms with E-state index in [-0.39, 0.29) is 16.5 Å². The standard InChI is InChI=1S/C27H38N2O2/c1-25(2,3)28-15-19-13-21(9-11-23(19)30-17-28)27(7,8)22-10-12-24-20(14-22)16-29(18-31-24)26(4,5)6/h9-14H,15-18H2,1-8H3. The molecule has 0 saturated carbocycles. The van der Waals surface area contributed by atoms with Crippen molar-refractivity contribution in [2.24, 2.45) is 0 Å². The van der Waals surface area contributed by atoms with Crippen LogP contribution in [-0.2, 0) is 18.5 Å². The molecule has 4 rings (SSSR count). The highest BCUT2D eigenvalue weighted by Gasteiger charge is 2.31. The van der Waals surface area contributed by atoms with Crippen LogP contribution in [0.5, 0.6) is 11.5 Å². The van der Waals surface area contributed by atoms with Crippen molar-refractivity contribution in [2.45, 2.75) is 85.0 Å². The van der Waals surface area contributed by atoms with Gasteiger partial charge in [0.25, 0.3) is 0 Å². The van der Waals surface area contributed by atoms with Crippen molar-refractivity contribution >= 4 is 0 Å². The maximum Gasteiger partial charge on any atom is 0.142 e. The van der Waals surface area contributed by atoms with Crippen molar-refractivity contribution in [1.29, 1.82) is 0 Å². The van der Waals surface area contributed by atoms with Gasteiger partial charge in [0, 0.05) is 40.7 Å². The van der Waals surface area contributed by atoms with Gasteiger partial charge >= 0.3 is 0 Å². The molecule has 4 nitrogen and oxygen atoms in total. The Morgan fingerprint density at radius 3 is 1.35 bits per heavy atom. The average Bonchev–Trinajstić information content (AvgIpc) is 2.70. The zero-order chi connectivity index (χ0) is 22.6. The topological polar surface area (TPSA) is 24.9 Å². The van der Waals surface area contributed by atoms with Crippen LogP contribution in [-0.4, -0.2) is 34.3 Å². The lowest BCUT2D eigenvalue weighted by atomic mass is 9.77. The molecule has 0 N–H and O–H groups in total. The van der Waals surface area contributed by atoms with Gasteiger partial charge in [0.15, 0.2) is 0 Å². The van der Waals surface area contributed by atoms with E-state index in [9.17, 15) is 0 Å². The van der Waals surface area contributed by atoms with Gasteiger partial charge in [-0.2, -0.15) is 0 Å². The first kappa shape index (κ1) is 22.2. The van der Waals surface area contributed by atoms with E-state index >= 15 is 0 Å². The number of hydrogen-bond donors (Lipinski definition) is 0. The van der Waals surface area contributed by atoms with Gasteiger partial charge in [-0.3, -0.25) is 9.80 Å². The van der Waals surface area contributed by atoms with Crippen LogP contribution in [0.3, 0.4) is 0 Å². The molecule has 0 atom stereocenters. The molecular weight excluding hydrogens is 384 g/mol. The van der Waals surface area contributed by atoms with Gasteiger partial charge in [0.05, 0.1) is 0 Å². The fourth-order valence-corrected chi connectivity index (χ4v) is 4.29. The highest BCUT2D eigenvalue weighted by Crippen LogP contribution is 2.39. The third-order valence-corrected chi connectivity index (χ3v) is 6.94. The van der Waals surface area contributed by atoms with Crippen molar-refractivity contribution in [2.75, 3.05) is 13.5 Å². The highest BCUT2D eigenvalue weighted by atomic mass is 16.5. The van der Waals surface area contributed by atoms with Gasteiger partial charge in [0.1, 0.15) is 25.0 Å². The summed E-state index contributed by atoms with van der Waals surface area (Å²) in [4.78, 5) is 4.76. The highest BCUT2D eigenvalue weighted by molar-refractivity contribution is 5.48. The van der Waals surface area contributed by atoms with E-state index in [0.29, 0.717) is 13.5 Å². The summed E-state index contributed by atoms with van der Waals surface area (Å²) in [6.07, 6.45) is 0. The third kappa shape index (κ3) is 4.33. The minimum atomic E-state index is -0.113. The summed E-state index contributed by atoms with van der Waals surface area (Å²) in [5, 5.41) is 0. The quantitative estimate of drug-likeness (QED) is 0.600. The maximum atomic E-state index is 6.06. The van der Waals surface area contributed by atoms with Crippen molar-refractivity contribution in [3.05, 3.63) is 58.7 Å². The molecule has 0 aromatic heterocycles. The zero-order valence-electron chi connectivity index (χ0n) is 20.5. The number of rotatable bonds is 2. The van der Waals surface area contributed by atoms with Crippen molar-refractivity contribution in [3.8, 4) is 11.5 Å². The predicted molar refractivity (Wildman–Crippen MR) is 127 cm³/mol. The number of benzene rings is 2. The van der Waals surface area contributed by atoms with Crippen molar-refractivity contribution < 1.29 is 9.47 Å². The molecular formula is C27H38N2O2. The molecule has 2 aromatic rings. The summed E-state index contributed by atoms with van der Waals surface area (Å²) in [6, 6.07) is 13.4. The van der Waals surface area contributed by atoms with Crippen LogP contribution in [0.1, 0.15) is 77.6 Å². The molecule has 31 heavy (non-hydrogen) atoms. The largest absolute Gasteiger partial charge is 0.478 e. The molecule has 0 spiro atoms. The molecule has 0 saturated heterocycles. The Morgan fingerprint density at radius 1 is 0.613 bits per heavy atom. The lowest BCUT2D eigenvalue weighted by molar-refractivity contribution is 0.0216. The van der Waals surface area contributed by atoms with Gasteiger partial charge in [0.2, 0.25) is 0 Å². The van der Waals surface area contributed by atoms with Crippen LogP contribution in [0.2, 0.25) is 0 Å². The third-order valence-electron chi connectivity index (χ3n) is 6.94. The number of fused-ring (bicyclic) bond motifs is 2. The molecule has 0 aliphatic carbocycles. The number of ether oxygens (including phenoxy) is 2. The van der Waals surface area contributed by atoms with Gasteiger partial charge in [-0.15, -0.1) is 0 Å². The molecule has 0 radical (unpaired) electrons. The van der Waals surface area contributed by atoms with E-state index in [2.05, 4.69) is 102 Å². The summed E-state index contributed by atoms with van der Waals surface area (Å²) in [7, 11) is 0. The van der Waals surface area contributed by atoms with Gasteiger partial charge in [-0.25, -0.2) is 0 Å². The van der Waals surface area contributed by atoms with E-state index in [1.165, 1.54) is 22.3 Å². The average molecular weight is 423 g/mol. The fourth-order valence-electron chi connectivity index (χ4n) is 4.29. The smallest absolute Gasteiger partial charge is 0.142 e. The summed E-state index contributed by atoms with van der Waals surface area (Å²) >= 11 is 0. The fraction of sp³-hybridized carbons (Fsp3) is 0.556. The second-order valence-corrected chi connectivity index (χ2v) is 11.6. The molecule has 0 bridgehead atoms. The van der Waals surface area contributed by atoms with E-state index in [1.807, 2.05) is 0 Å². The van der Waals surface area contributed by atoms with Crippen LogP contribution in [0.25, 0.3) is 0 Å². The Balaban J connectivity index is 1.64. The van der Waals surface area contributed by atoms with Crippen LogP contribution < -0.4 is 9.47 Å². The van der Waals surface area contributed by atoms with E-state index in [1.54, 1.807) is 0 Å². The Kier molecular flexibility index (Phi) is 5.38. The first-order valence-electron chi connectivity index (χ1n) is 11.4. The Labute approximate surface area is 188 Å². The van der Waals surface area contributed by atoms with Crippen molar-refractivity contribution in [1.82, 2.24) is 9.80 Å². The maximum absolute atomic E-state index is 6.06. The first-order chi connectivity index (χ1) is 14.4. The van der Waals surface area contributed by atoms with Gasteiger partial charge in [-0.1, -0.05) is 26.0 Å². The van der Waals surface area contributed by atoms with Crippen LogP contribution >= 0.6 is 0 Å². The summed E-state index contributed by atoms with van der Waals surface area (Å²) in [5.74, 6) is 2.03. The second-order valence-electron chi connectivity index (χ2n) is 11.6. The van der Waals surface area contributed by atoms with Gasteiger partial charge in [-0.05, 0) is 76.9 Å². The minimum Gasteiger partial charge on any atom is -0.478 e. The molecule has 4 heteroatoms. The second kappa shape index (κ2) is 7.53. The zero-order valence-corrected chi connectivity index (χ0v) is 20.5. The molecule has 2 aliphatic heterocycles. The van der Waals surface area contributed by atoms with Crippen LogP contribution in [0.15, 0.2) is 36.4 Å². The van der Waals surface area contributed by atoms with Gasteiger partial charge < -0.3 is 9.47 Å².